The summed E-state index contributed by atoms with van der Waals surface area (Å²) < 4.78 is 14.2. The van der Waals surface area contributed by atoms with Crippen LogP contribution >= 0.6 is 11.6 Å². The van der Waals surface area contributed by atoms with Gasteiger partial charge in [-0.25, -0.2) is 9.37 Å². The molecule has 0 radical (unpaired) electrons. The Kier molecular flexibility index (Phi) is 7.22. The fourth-order valence-electron chi connectivity index (χ4n) is 3.85. The van der Waals surface area contributed by atoms with E-state index in [1.165, 1.54) is 18.3 Å². The summed E-state index contributed by atoms with van der Waals surface area (Å²) in [5.41, 5.74) is 1.81. The molecule has 0 spiro atoms. The van der Waals surface area contributed by atoms with Gasteiger partial charge in [0.15, 0.2) is 5.78 Å². The third kappa shape index (κ3) is 5.53. The standard InChI is InChI=1S/C22H26ClFN2O3/c1-13-8-9-17(16(24)10-13)26-18-12-25-21(23)11-15(18)19(27)6-2-4-14-5-3-7-20(28)22(14)29/h8-12,14,20,22,26,28-29H,2-7H2,1H3. The highest BCUT2D eigenvalue weighted by Crippen LogP contribution is 2.30. The fourth-order valence-corrected chi connectivity index (χ4v) is 4.00. The third-order valence-corrected chi connectivity index (χ3v) is 5.70. The zero-order valence-electron chi connectivity index (χ0n) is 16.4. The number of benzene rings is 1. The first kappa shape index (κ1) is 21.7. The lowest BCUT2D eigenvalue weighted by atomic mass is 9.81. The maximum absolute atomic E-state index is 14.2. The number of ketones is 1. The van der Waals surface area contributed by atoms with Crippen LogP contribution in [0.5, 0.6) is 0 Å². The Hall–Kier alpha value is -2.02. The molecule has 1 saturated carbocycles. The van der Waals surface area contributed by atoms with Gasteiger partial charge in [0.2, 0.25) is 0 Å². The molecule has 0 bridgehead atoms. The summed E-state index contributed by atoms with van der Waals surface area (Å²) in [6.45, 7) is 1.80. The van der Waals surface area contributed by atoms with Gasteiger partial charge in [-0.05, 0) is 62.3 Å². The number of aliphatic hydroxyl groups is 2. The number of aliphatic hydroxyl groups excluding tert-OH is 2. The molecule has 3 atom stereocenters. The van der Waals surface area contributed by atoms with Gasteiger partial charge in [0.25, 0.3) is 0 Å². The van der Waals surface area contributed by atoms with Gasteiger partial charge in [0.1, 0.15) is 11.0 Å². The minimum Gasteiger partial charge on any atom is -0.390 e. The van der Waals surface area contributed by atoms with E-state index in [0.717, 1.165) is 18.4 Å². The Morgan fingerprint density at radius 3 is 2.83 bits per heavy atom. The molecular weight excluding hydrogens is 395 g/mol. The third-order valence-electron chi connectivity index (χ3n) is 5.50. The average molecular weight is 421 g/mol. The van der Waals surface area contributed by atoms with Gasteiger partial charge in [-0.15, -0.1) is 0 Å². The molecule has 2 aromatic rings. The zero-order chi connectivity index (χ0) is 21.0. The van der Waals surface area contributed by atoms with Crippen molar-refractivity contribution in [3.63, 3.8) is 0 Å². The maximum Gasteiger partial charge on any atom is 0.165 e. The molecule has 1 fully saturated rings. The van der Waals surface area contributed by atoms with Gasteiger partial charge in [-0.1, -0.05) is 24.1 Å². The lowest BCUT2D eigenvalue weighted by Crippen LogP contribution is -2.37. The van der Waals surface area contributed by atoms with Crippen molar-refractivity contribution in [2.75, 3.05) is 5.32 Å². The highest BCUT2D eigenvalue weighted by Gasteiger charge is 2.30. The first-order chi connectivity index (χ1) is 13.8. The fraction of sp³-hybridized carbons (Fsp3) is 0.455. The predicted molar refractivity (Wildman–Crippen MR) is 111 cm³/mol. The number of anilines is 2. The number of hydrogen-bond acceptors (Lipinski definition) is 5. The molecule has 156 valence electrons. The quantitative estimate of drug-likeness (QED) is 0.442. The summed E-state index contributed by atoms with van der Waals surface area (Å²) in [6.07, 6.45) is 3.90. The number of pyridine rings is 1. The second kappa shape index (κ2) is 9.65. The van der Waals surface area contributed by atoms with Gasteiger partial charge >= 0.3 is 0 Å². The van der Waals surface area contributed by atoms with Crippen molar-refractivity contribution >= 4 is 28.8 Å². The van der Waals surface area contributed by atoms with E-state index >= 15 is 0 Å². The molecule has 0 aliphatic heterocycles. The van der Waals surface area contributed by atoms with E-state index < -0.39 is 18.0 Å². The van der Waals surface area contributed by atoms with Crippen LogP contribution in [0.1, 0.15) is 54.4 Å². The zero-order valence-corrected chi connectivity index (χ0v) is 17.1. The Bertz CT molecular complexity index is 877. The van der Waals surface area contributed by atoms with Crippen molar-refractivity contribution in [1.29, 1.82) is 0 Å². The van der Waals surface area contributed by atoms with Gasteiger partial charge in [0.05, 0.1) is 29.8 Å². The van der Waals surface area contributed by atoms with Crippen LogP contribution in [0.25, 0.3) is 0 Å². The van der Waals surface area contributed by atoms with Crippen LogP contribution in [0.3, 0.4) is 0 Å². The second-order valence-electron chi connectivity index (χ2n) is 7.73. The Labute approximate surface area is 174 Å². The van der Waals surface area contributed by atoms with Crippen LogP contribution in [0.15, 0.2) is 30.5 Å². The molecule has 3 unspecified atom stereocenters. The van der Waals surface area contributed by atoms with E-state index in [0.29, 0.717) is 30.5 Å². The lowest BCUT2D eigenvalue weighted by Gasteiger charge is -2.31. The summed E-state index contributed by atoms with van der Waals surface area (Å²) in [5, 5.41) is 23.0. The SMILES string of the molecule is Cc1ccc(Nc2cnc(Cl)cc2C(=O)CCCC2CCCC(O)C2O)c(F)c1. The van der Waals surface area contributed by atoms with Crippen molar-refractivity contribution in [2.45, 2.75) is 57.7 Å². The Balaban J connectivity index is 1.67. The predicted octanol–water partition coefficient (Wildman–Crippen LogP) is 4.80. The van der Waals surface area contributed by atoms with Crippen LogP contribution in [0.4, 0.5) is 15.8 Å². The lowest BCUT2D eigenvalue weighted by molar-refractivity contribution is -0.0470. The van der Waals surface area contributed by atoms with Crippen LogP contribution in [-0.4, -0.2) is 33.2 Å². The highest BCUT2D eigenvalue weighted by atomic mass is 35.5. The van der Waals surface area contributed by atoms with E-state index in [9.17, 15) is 19.4 Å². The van der Waals surface area contributed by atoms with E-state index in [1.54, 1.807) is 19.1 Å². The topological polar surface area (TPSA) is 82.5 Å². The molecule has 7 heteroatoms. The minimum absolute atomic E-state index is 0.00632. The average Bonchev–Trinajstić information content (AvgIpc) is 2.68. The molecule has 3 N–H and O–H groups in total. The van der Waals surface area contributed by atoms with Gasteiger partial charge in [0, 0.05) is 12.0 Å². The number of carbonyl (C=O) groups excluding carboxylic acids is 1. The summed E-state index contributed by atoms with van der Waals surface area (Å²) in [4.78, 5) is 16.8. The number of nitrogens with zero attached hydrogens (tertiary/aromatic N) is 1. The highest BCUT2D eigenvalue weighted by molar-refractivity contribution is 6.30. The summed E-state index contributed by atoms with van der Waals surface area (Å²) in [7, 11) is 0. The maximum atomic E-state index is 14.2. The summed E-state index contributed by atoms with van der Waals surface area (Å²) in [6, 6.07) is 6.29. The molecule has 29 heavy (non-hydrogen) atoms. The largest absolute Gasteiger partial charge is 0.390 e. The number of Topliss-reactive ketones (excluding diaryl/α,β-unsaturated/α-hetero) is 1. The minimum atomic E-state index is -0.726. The van der Waals surface area contributed by atoms with Crippen LogP contribution in [0.2, 0.25) is 5.15 Å². The number of halogens is 2. The molecule has 1 aromatic carbocycles. The normalized spacial score (nSPS) is 21.8. The molecular formula is C22H26ClFN2O3. The number of nitrogens with one attached hydrogen (secondary N) is 1. The van der Waals surface area contributed by atoms with Crippen LogP contribution in [0, 0.1) is 18.7 Å². The number of carbonyl (C=O) groups is 1. The summed E-state index contributed by atoms with van der Waals surface area (Å²) in [5.74, 6) is -0.537. The first-order valence-corrected chi connectivity index (χ1v) is 10.3. The second-order valence-corrected chi connectivity index (χ2v) is 8.11. The van der Waals surface area contributed by atoms with Crippen LogP contribution < -0.4 is 5.32 Å². The van der Waals surface area contributed by atoms with Gasteiger partial charge in [-0.3, -0.25) is 4.79 Å². The van der Waals surface area contributed by atoms with Crippen LogP contribution in [-0.2, 0) is 0 Å². The van der Waals surface area contributed by atoms with Crippen molar-refractivity contribution in [2.24, 2.45) is 5.92 Å². The Morgan fingerprint density at radius 1 is 1.28 bits per heavy atom. The molecule has 5 nitrogen and oxygen atoms in total. The molecule has 3 rings (SSSR count). The van der Waals surface area contributed by atoms with Gasteiger partial charge < -0.3 is 15.5 Å². The molecule has 0 saturated heterocycles. The molecule has 1 heterocycles. The van der Waals surface area contributed by atoms with E-state index in [4.69, 9.17) is 11.6 Å². The number of hydrogen-bond donors (Lipinski definition) is 3. The van der Waals surface area contributed by atoms with Crippen molar-refractivity contribution in [3.8, 4) is 0 Å². The number of aromatic nitrogens is 1. The smallest absolute Gasteiger partial charge is 0.165 e. The van der Waals surface area contributed by atoms with Crippen molar-refractivity contribution in [1.82, 2.24) is 4.98 Å². The number of rotatable bonds is 7. The van der Waals surface area contributed by atoms with E-state index in [1.807, 2.05) is 0 Å². The molecule has 1 aliphatic carbocycles. The van der Waals surface area contributed by atoms with Crippen molar-refractivity contribution in [3.05, 3.63) is 52.6 Å². The van der Waals surface area contributed by atoms with E-state index in [2.05, 4.69) is 10.3 Å². The van der Waals surface area contributed by atoms with E-state index in [-0.39, 0.29) is 29.0 Å². The Morgan fingerprint density at radius 2 is 2.07 bits per heavy atom. The molecule has 1 aliphatic rings. The monoisotopic (exact) mass is 420 g/mol. The van der Waals surface area contributed by atoms with Crippen molar-refractivity contribution < 1.29 is 19.4 Å². The summed E-state index contributed by atoms with van der Waals surface area (Å²) >= 11 is 5.98. The first-order valence-electron chi connectivity index (χ1n) is 9.93. The van der Waals surface area contributed by atoms with Gasteiger partial charge in [-0.2, -0.15) is 0 Å². The molecule has 1 aromatic heterocycles. The molecule has 0 amide bonds. The number of aryl methyl sites for hydroxylation is 1.